The van der Waals surface area contributed by atoms with Crippen molar-refractivity contribution in [1.82, 2.24) is 25.3 Å². The fraction of sp³-hybridized carbons (Fsp3) is 0.688. The van der Waals surface area contributed by atoms with Gasteiger partial charge in [0.2, 0.25) is 5.91 Å². The monoisotopic (exact) mass is 448 g/mol. The molecule has 0 spiro atoms. The number of halogens is 1. The van der Waals surface area contributed by atoms with E-state index >= 15 is 0 Å². The Kier molecular flexibility index (Phi) is 7.98. The maximum absolute atomic E-state index is 11.7. The number of nitrogens with zero attached hydrogens (tertiary/aromatic N) is 4. The highest BCUT2D eigenvalue weighted by atomic mass is 127. The molecule has 0 radical (unpaired) electrons. The number of hydrogen-bond donors (Lipinski definition) is 2. The number of hydrogen-bond acceptors (Lipinski definition) is 3. The molecular weight excluding hydrogens is 419 g/mol. The fourth-order valence-corrected chi connectivity index (χ4v) is 2.96. The summed E-state index contributed by atoms with van der Waals surface area (Å²) in [6.45, 7) is 8.25. The molecule has 1 unspecified atom stereocenters. The highest BCUT2D eigenvalue weighted by Crippen LogP contribution is 2.12. The van der Waals surface area contributed by atoms with Gasteiger partial charge in [0.25, 0.3) is 0 Å². The van der Waals surface area contributed by atoms with Crippen LogP contribution in [0.5, 0.6) is 0 Å². The first-order chi connectivity index (χ1) is 11.0. The van der Waals surface area contributed by atoms with E-state index in [0.29, 0.717) is 13.0 Å². The molecule has 24 heavy (non-hydrogen) atoms. The molecule has 136 valence electrons. The molecule has 0 saturated carbocycles. The number of carbonyl (C=O) groups is 1. The summed E-state index contributed by atoms with van der Waals surface area (Å²) in [5.41, 5.74) is 3.39. The van der Waals surface area contributed by atoms with Gasteiger partial charge in [-0.15, -0.1) is 24.0 Å². The number of carbonyl (C=O) groups excluding carboxylic acids is 1. The van der Waals surface area contributed by atoms with Crippen LogP contribution in [0, 0.1) is 13.8 Å². The van der Waals surface area contributed by atoms with Crippen molar-refractivity contribution in [2.45, 2.75) is 46.2 Å². The van der Waals surface area contributed by atoms with Crippen LogP contribution < -0.4 is 10.6 Å². The number of aryl methyl sites for hydroxylation is 2. The minimum atomic E-state index is 0. The zero-order valence-electron chi connectivity index (χ0n) is 15.2. The van der Waals surface area contributed by atoms with E-state index in [-0.39, 0.29) is 35.9 Å². The van der Waals surface area contributed by atoms with E-state index in [1.54, 1.807) is 7.05 Å². The van der Waals surface area contributed by atoms with Crippen LogP contribution in [-0.2, 0) is 18.4 Å². The highest BCUT2D eigenvalue weighted by Gasteiger charge is 2.25. The number of guanidine groups is 1. The summed E-state index contributed by atoms with van der Waals surface area (Å²) in [6.07, 6.45) is 1.52. The predicted octanol–water partition coefficient (Wildman–Crippen LogP) is 1.33. The quantitative estimate of drug-likeness (QED) is 0.414. The second kappa shape index (κ2) is 9.24. The van der Waals surface area contributed by atoms with Crippen molar-refractivity contribution in [3.63, 3.8) is 0 Å². The third-order valence-electron chi connectivity index (χ3n) is 4.50. The first-order valence-electron chi connectivity index (χ1n) is 8.20. The predicted molar refractivity (Wildman–Crippen MR) is 107 cm³/mol. The molecule has 8 heteroatoms. The fourth-order valence-electron chi connectivity index (χ4n) is 2.96. The molecule has 1 saturated heterocycles. The molecule has 1 aromatic rings. The average molecular weight is 448 g/mol. The third-order valence-corrected chi connectivity index (χ3v) is 4.50. The molecule has 2 rings (SSSR count). The molecule has 1 fully saturated rings. The van der Waals surface area contributed by atoms with Crippen LogP contribution in [0.1, 0.15) is 36.7 Å². The van der Waals surface area contributed by atoms with Gasteiger partial charge in [0.05, 0.1) is 5.69 Å². The Labute approximate surface area is 161 Å². The second-order valence-electron chi connectivity index (χ2n) is 6.02. The smallest absolute Gasteiger partial charge is 0.222 e. The van der Waals surface area contributed by atoms with Crippen molar-refractivity contribution in [1.29, 1.82) is 0 Å². The van der Waals surface area contributed by atoms with Crippen LogP contribution in [0.2, 0.25) is 0 Å². The van der Waals surface area contributed by atoms with E-state index in [9.17, 15) is 4.79 Å². The molecule has 0 aromatic carbocycles. The van der Waals surface area contributed by atoms with Gasteiger partial charge < -0.3 is 15.5 Å². The normalized spacial score (nSPS) is 17.6. The van der Waals surface area contributed by atoms with Crippen molar-refractivity contribution in [3.8, 4) is 0 Å². The maximum Gasteiger partial charge on any atom is 0.222 e. The van der Waals surface area contributed by atoms with Crippen molar-refractivity contribution in [2.75, 3.05) is 20.1 Å². The van der Waals surface area contributed by atoms with Crippen LogP contribution in [0.4, 0.5) is 0 Å². The molecule has 1 aromatic heterocycles. The van der Waals surface area contributed by atoms with Gasteiger partial charge in [-0.1, -0.05) is 6.92 Å². The van der Waals surface area contributed by atoms with Crippen LogP contribution in [0.15, 0.2) is 4.99 Å². The molecule has 1 aliphatic rings. The molecule has 7 nitrogen and oxygen atoms in total. The maximum atomic E-state index is 11.7. The topological polar surface area (TPSA) is 74.6 Å². The van der Waals surface area contributed by atoms with E-state index in [1.807, 2.05) is 30.5 Å². The summed E-state index contributed by atoms with van der Waals surface area (Å²) in [5.74, 6) is 0.988. The number of amides is 1. The Morgan fingerprint density at radius 3 is 2.67 bits per heavy atom. The number of aliphatic imine (C=N–C) groups is 1. The summed E-state index contributed by atoms with van der Waals surface area (Å²) in [6, 6.07) is 0.257. The summed E-state index contributed by atoms with van der Waals surface area (Å²) in [5, 5.41) is 11.2. The molecule has 2 heterocycles. The third kappa shape index (κ3) is 4.84. The van der Waals surface area contributed by atoms with Crippen LogP contribution in [-0.4, -0.2) is 52.7 Å². The van der Waals surface area contributed by atoms with Gasteiger partial charge in [-0.2, -0.15) is 5.10 Å². The first-order valence-corrected chi connectivity index (χ1v) is 8.20. The number of aromatic nitrogens is 2. The van der Waals surface area contributed by atoms with E-state index in [1.165, 1.54) is 5.56 Å². The van der Waals surface area contributed by atoms with Crippen LogP contribution in [0.3, 0.4) is 0 Å². The van der Waals surface area contributed by atoms with Gasteiger partial charge in [0, 0.05) is 57.4 Å². The summed E-state index contributed by atoms with van der Waals surface area (Å²) in [7, 11) is 3.72. The molecule has 2 N–H and O–H groups in total. The largest absolute Gasteiger partial charge is 0.352 e. The Morgan fingerprint density at radius 1 is 1.42 bits per heavy atom. The van der Waals surface area contributed by atoms with Crippen molar-refractivity contribution >= 4 is 35.8 Å². The lowest BCUT2D eigenvalue weighted by Crippen LogP contribution is -2.44. The lowest BCUT2D eigenvalue weighted by Gasteiger charge is -2.18. The van der Waals surface area contributed by atoms with Gasteiger partial charge in [-0.05, 0) is 20.3 Å². The second-order valence-corrected chi connectivity index (χ2v) is 6.02. The summed E-state index contributed by atoms with van der Waals surface area (Å²) >= 11 is 0. The van der Waals surface area contributed by atoms with Crippen molar-refractivity contribution in [2.24, 2.45) is 12.0 Å². The van der Waals surface area contributed by atoms with E-state index in [0.717, 1.165) is 36.9 Å². The summed E-state index contributed by atoms with van der Waals surface area (Å²) in [4.78, 5) is 17.9. The van der Waals surface area contributed by atoms with Crippen molar-refractivity contribution < 1.29 is 4.79 Å². The molecule has 1 atom stereocenters. The summed E-state index contributed by atoms with van der Waals surface area (Å²) < 4.78 is 1.90. The number of likely N-dealkylation sites (tertiary alicyclic amines) is 1. The van der Waals surface area contributed by atoms with Gasteiger partial charge in [0.15, 0.2) is 5.96 Å². The molecular formula is C16H29IN6O. The lowest BCUT2D eigenvalue weighted by molar-refractivity contribution is -0.129. The van der Waals surface area contributed by atoms with Gasteiger partial charge in [0.1, 0.15) is 0 Å². The first kappa shape index (κ1) is 20.7. The Bertz CT molecular complexity index is 598. The molecule has 1 aliphatic heterocycles. The average Bonchev–Trinajstić information content (AvgIpc) is 3.09. The van der Waals surface area contributed by atoms with Gasteiger partial charge in [-0.25, -0.2) is 0 Å². The van der Waals surface area contributed by atoms with Gasteiger partial charge >= 0.3 is 0 Å². The van der Waals surface area contributed by atoms with E-state index in [4.69, 9.17) is 0 Å². The zero-order chi connectivity index (χ0) is 17.0. The van der Waals surface area contributed by atoms with Crippen LogP contribution in [0.25, 0.3) is 0 Å². The molecule has 1 amide bonds. The zero-order valence-corrected chi connectivity index (χ0v) is 17.5. The number of rotatable bonds is 4. The minimum absolute atomic E-state index is 0. The van der Waals surface area contributed by atoms with Crippen molar-refractivity contribution in [3.05, 3.63) is 17.0 Å². The van der Waals surface area contributed by atoms with E-state index < -0.39 is 0 Å². The molecule has 0 bridgehead atoms. The Balaban J connectivity index is 0.00000288. The minimum Gasteiger partial charge on any atom is -0.352 e. The Morgan fingerprint density at radius 2 is 2.12 bits per heavy atom. The standard InChI is InChI=1S/C16H28N6O.HI/c1-6-15(23)22-8-7-13(10-22)19-16(17-4)18-9-14-11(2)20-21(5)12(14)3;/h13H,6-10H2,1-5H3,(H2,17,18,19);1H. The van der Waals surface area contributed by atoms with Crippen LogP contribution >= 0.6 is 24.0 Å². The highest BCUT2D eigenvalue weighted by molar-refractivity contribution is 14.0. The van der Waals surface area contributed by atoms with E-state index in [2.05, 4.69) is 27.6 Å². The lowest BCUT2D eigenvalue weighted by atomic mass is 10.2. The molecule has 0 aliphatic carbocycles. The SMILES string of the molecule is CCC(=O)N1CCC(NC(=NC)NCc2c(C)nn(C)c2C)C1.I. The Hall–Kier alpha value is -1.32. The van der Waals surface area contributed by atoms with Gasteiger partial charge in [-0.3, -0.25) is 14.5 Å². The number of nitrogens with one attached hydrogen (secondary N) is 2.